The Morgan fingerprint density at radius 3 is 2.40 bits per heavy atom. The van der Waals surface area contributed by atoms with E-state index in [4.69, 9.17) is 11.6 Å². The normalized spacial score (nSPS) is 21.6. The van der Waals surface area contributed by atoms with Crippen molar-refractivity contribution < 1.29 is 16.8 Å². The molecule has 0 saturated carbocycles. The quantitative estimate of drug-likeness (QED) is 0.795. The summed E-state index contributed by atoms with van der Waals surface area (Å²) in [6, 6.07) is 14.9. The van der Waals surface area contributed by atoms with Crippen molar-refractivity contribution in [1.82, 2.24) is 4.31 Å². The van der Waals surface area contributed by atoms with E-state index in [2.05, 4.69) is 0 Å². The molecule has 134 valence electrons. The summed E-state index contributed by atoms with van der Waals surface area (Å²) < 4.78 is 52.1. The number of rotatable bonds is 3. The lowest BCUT2D eigenvalue weighted by atomic mass is 10.1. The van der Waals surface area contributed by atoms with Crippen molar-refractivity contribution in [3.05, 3.63) is 65.2 Å². The van der Waals surface area contributed by atoms with Crippen molar-refractivity contribution in [3.8, 4) is 0 Å². The Kier molecular flexibility index (Phi) is 5.20. The van der Waals surface area contributed by atoms with E-state index in [1.807, 2.05) is 6.07 Å². The van der Waals surface area contributed by atoms with Crippen LogP contribution in [0.15, 0.2) is 59.5 Å². The molecule has 2 aromatic rings. The molecule has 0 spiro atoms. The Hall–Kier alpha value is -1.41. The van der Waals surface area contributed by atoms with Gasteiger partial charge >= 0.3 is 0 Å². The minimum absolute atomic E-state index is 0.0550. The first kappa shape index (κ1) is 18.4. The van der Waals surface area contributed by atoms with Gasteiger partial charge in [-0.25, -0.2) is 16.8 Å². The number of sulfone groups is 1. The van der Waals surface area contributed by atoms with E-state index < -0.39 is 25.1 Å². The first-order valence-electron chi connectivity index (χ1n) is 7.83. The zero-order valence-corrected chi connectivity index (χ0v) is 15.8. The molecule has 1 unspecified atom stereocenters. The molecule has 0 N–H and O–H groups in total. The average molecular weight is 400 g/mol. The van der Waals surface area contributed by atoms with Crippen LogP contribution in [0.3, 0.4) is 0 Å². The monoisotopic (exact) mass is 399 g/mol. The molecule has 3 rings (SSSR count). The fourth-order valence-corrected chi connectivity index (χ4v) is 6.65. The molecule has 0 aliphatic carbocycles. The second-order valence-electron chi connectivity index (χ2n) is 5.92. The summed E-state index contributed by atoms with van der Waals surface area (Å²) in [7, 11) is -7.21. The molecule has 1 aliphatic heterocycles. The highest BCUT2D eigenvalue weighted by Crippen LogP contribution is 2.31. The third-order valence-corrected chi connectivity index (χ3v) is 8.56. The minimum Gasteiger partial charge on any atom is -0.228 e. The van der Waals surface area contributed by atoms with Gasteiger partial charge in [0.05, 0.1) is 15.9 Å². The maximum absolute atomic E-state index is 12.8. The predicted molar refractivity (Wildman–Crippen MR) is 97.8 cm³/mol. The average Bonchev–Trinajstić information content (AvgIpc) is 2.74. The van der Waals surface area contributed by atoms with Gasteiger partial charge in [-0.05, 0) is 30.2 Å². The van der Waals surface area contributed by atoms with Crippen LogP contribution in [0, 0.1) is 0 Å². The van der Waals surface area contributed by atoms with E-state index in [0.29, 0.717) is 10.6 Å². The van der Waals surface area contributed by atoms with Crippen LogP contribution in [0.2, 0.25) is 5.02 Å². The van der Waals surface area contributed by atoms with Crippen LogP contribution in [0.1, 0.15) is 17.2 Å². The summed E-state index contributed by atoms with van der Waals surface area (Å²) in [6.07, 6.45) is 0.228. The Bertz CT molecular complexity index is 959. The lowest BCUT2D eigenvalue weighted by Gasteiger charge is -2.19. The van der Waals surface area contributed by atoms with Crippen molar-refractivity contribution >= 4 is 31.5 Å². The lowest BCUT2D eigenvalue weighted by molar-refractivity contribution is 0.428. The standard InChI is InChI=1S/C17H18ClNO4S2/c18-15-7-4-8-16(13-15)25(22,23)19-10-9-17(24(20,21)12-11-19)14-5-2-1-3-6-14/h1-8,13,17H,9-12H2. The fourth-order valence-electron chi connectivity index (χ4n) is 2.98. The van der Waals surface area contributed by atoms with Crippen molar-refractivity contribution in [3.63, 3.8) is 0 Å². The largest absolute Gasteiger partial charge is 0.243 e. The lowest BCUT2D eigenvalue weighted by Crippen LogP contribution is -2.33. The van der Waals surface area contributed by atoms with Crippen molar-refractivity contribution in [1.29, 1.82) is 0 Å². The first-order valence-corrected chi connectivity index (χ1v) is 11.4. The highest BCUT2D eigenvalue weighted by atomic mass is 35.5. The Morgan fingerprint density at radius 2 is 1.72 bits per heavy atom. The molecule has 0 bridgehead atoms. The van der Waals surface area contributed by atoms with E-state index in [1.54, 1.807) is 36.4 Å². The Balaban J connectivity index is 1.90. The number of halogens is 1. The summed E-state index contributed by atoms with van der Waals surface area (Å²) in [5, 5.41) is -0.362. The van der Waals surface area contributed by atoms with Gasteiger partial charge in [-0.2, -0.15) is 4.31 Å². The molecule has 8 heteroatoms. The van der Waals surface area contributed by atoms with Crippen molar-refractivity contribution in [2.45, 2.75) is 16.6 Å². The molecule has 1 atom stereocenters. The SMILES string of the molecule is O=S1(=O)CCN(S(=O)(=O)c2cccc(Cl)c2)CCC1c1ccccc1. The van der Waals surface area contributed by atoms with Gasteiger partial charge in [-0.15, -0.1) is 0 Å². The predicted octanol–water partition coefficient (Wildman–Crippen LogP) is 2.89. The maximum atomic E-state index is 12.8. The molecule has 1 heterocycles. The summed E-state index contributed by atoms with van der Waals surface area (Å²) >= 11 is 5.89. The van der Waals surface area contributed by atoms with Gasteiger partial charge in [-0.3, -0.25) is 0 Å². The smallest absolute Gasteiger partial charge is 0.228 e. The van der Waals surface area contributed by atoms with Crippen LogP contribution in [0.4, 0.5) is 0 Å². The molecule has 0 radical (unpaired) electrons. The Morgan fingerprint density at radius 1 is 1.00 bits per heavy atom. The van der Waals surface area contributed by atoms with Crippen molar-refractivity contribution in [2.24, 2.45) is 0 Å². The van der Waals surface area contributed by atoms with Gasteiger partial charge in [0.25, 0.3) is 0 Å². The van der Waals surface area contributed by atoms with E-state index in [1.165, 1.54) is 16.4 Å². The Labute approximate surface area is 153 Å². The zero-order chi connectivity index (χ0) is 18.1. The number of nitrogens with zero attached hydrogens (tertiary/aromatic N) is 1. The summed E-state index contributed by atoms with van der Waals surface area (Å²) in [5.41, 5.74) is 0.699. The fraction of sp³-hybridized carbons (Fsp3) is 0.294. The second kappa shape index (κ2) is 7.07. The van der Waals surface area contributed by atoms with Gasteiger partial charge < -0.3 is 0 Å². The van der Waals surface area contributed by atoms with Gasteiger partial charge in [-0.1, -0.05) is 48.0 Å². The van der Waals surface area contributed by atoms with E-state index in [-0.39, 0.29) is 30.2 Å². The maximum Gasteiger partial charge on any atom is 0.243 e. The van der Waals surface area contributed by atoms with Gasteiger partial charge in [0.2, 0.25) is 10.0 Å². The molecular weight excluding hydrogens is 382 g/mol. The second-order valence-corrected chi connectivity index (χ2v) is 10.6. The number of sulfonamides is 1. The van der Waals surface area contributed by atoms with Crippen LogP contribution < -0.4 is 0 Å². The molecule has 0 aromatic heterocycles. The molecule has 0 amide bonds. The highest BCUT2D eigenvalue weighted by Gasteiger charge is 2.35. The molecule has 1 saturated heterocycles. The van der Waals surface area contributed by atoms with E-state index in [9.17, 15) is 16.8 Å². The van der Waals surface area contributed by atoms with Crippen LogP contribution in [-0.2, 0) is 19.9 Å². The summed E-state index contributed by atoms with van der Waals surface area (Å²) in [5.74, 6) is -0.202. The van der Waals surface area contributed by atoms with E-state index >= 15 is 0 Å². The zero-order valence-electron chi connectivity index (χ0n) is 13.4. The van der Waals surface area contributed by atoms with E-state index in [0.717, 1.165) is 0 Å². The van der Waals surface area contributed by atoms with Crippen LogP contribution in [-0.4, -0.2) is 40.0 Å². The third kappa shape index (κ3) is 3.89. The topological polar surface area (TPSA) is 71.5 Å². The molecule has 25 heavy (non-hydrogen) atoms. The first-order chi connectivity index (χ1) is 11.8. The molecule has 5 nitrogen and oxygen atoms in total. The van der Waals surface area contributed by atoms with Crippen molar-refractivity contribution in [2.75, 3.05) is 18.8 Å². The summed E-state index contributed by atoms with van der Waals surface area (Å²) in [6.45, 7) is 0.0914. The molecule has 2 aromatic carbocycles. The number of benzene rings is 2. The number of hydrogen-bond acceptors (Lipinski definition) is 4. The molecular formula is C17H18ClNO4S2. The minimum atomic E-state index is -3.78. The van der Waals surface area contributed by atoms with Gasteiger partial charge in [0.1, 0.15) is 0 Å². The number of hydrogen-bond donors (Lipinski definition) is 0. The van der Waals surface area contributed by atoms with Crippen LogP contribution in [0.5, 0.6) is 0 Å². The third-order valence-electron chi connectivity index (χ3n) is 4.30. The molecule has 1 fully saturated rings. The summed E-state index contributed by atoms with van der Waals surface area (Å²) in [4.78, 5) is 0.0792. The van der Waals surface area contributed by atoms with Gasteiger partial charge in [0.15, 0.2) is 9.84 Å². The molecule has 1 aliphatic rings. The van der Waals surface area contributed by atoms with Crippen LogP contribution in [0.25, 0.3) is 0 Å². The van der Waals surface area contributed by atoms with Crippen LogP contribution >= 0.6 is 11.6 Å². The van der Waals surface area contributed by atoms with Gasteiger partial charge in [0, 0.05) is 18.1 Å². The highest BCUT2D eigenvalue weighted by molar-refractivity contribution is 7.92.